The van der Waals surface area contributed by atoms with Gasteiger partial charge < -0.3 is 14.2 Å². The van der Waals surface area contributed by atoms with Crippen molar-refractivity contribution in [3.05, 3.63) is 65.9 Å². The molecule has 29 heavy (non-hydrogen) atoms. The van der Waals surface area contributed by atoms with Gasteiger partial charge in [0.15, 0.2) is 12.3 Å². The second-order valence-corrected chi connectivity index (χ2v) is 5.78. The van der Waals surface area contributed by atoms with E-state index in [0.717, 1.165) is 0 Å². The maximum atomic E-state index is 12.6. The first-order chi connectivity index (χ1) is 14.1. The number of esters is 2. The Morgan fingerprint density at radius 3 is 2.41 bits per heavy atom. The van der Waals surface area contributed by atoms with E-state index in [4.69, 9.17) is 19.5 Å². The van der Waals surface area contributed by atoms with Crippen molar-refractivity contribution in [3.8, 4) is 28.8 Å². The molecule has 0 N–H and O–H groups in total. The molecule has 3 rings (SSSR count). The van der Waals surface area contributed by atoms with Crippen LogP contribution in [0.4, 0.5) is 0 Å². The van der Waals surface area contributed by atoms with Gasteiger partial charge >= 0.3 is 11.9 Å². The number of aromatic nitrogens is 2. The predicted molar refractivity (Wildman–Crippen MR) is 103 cm³/mol. The van der Waals surface area contributed by atoms with E-state index < -0.39 is 11.9 Å². The molecule has 0 atom stereocenters. The molecule has 0 radical (unpaired) electrons. The lowest BCUT2D eigenvalue weighted by Gasteiger charge is -2.07. The quantitative estimate of drug-likeness (QED) is 0.595. The third-order valence-electron chi connectivity index (χ3n) is 4.07. The van der Waals surface area contributed by atoms with E-state index in [9.17, 15) is 9.59 Å². The summed E-state index contributed by atoms with van der Waals surface area (Å²) < 4.78 is 16.5. The largest absolute Gasteiger partial charge is 0.479 e. The lowest BCUT2D eigenvalue weighted by molar-refractivity contribution is 0.0549. The van der Waals surface area contributed by atoms with Gasteiger partial charge in [0.05, 0.1) is 19.9 Å². The fraction of sp³-hybridized carbons (Fsp3) is 0.143. The Morgan fingerprint density at radius 2 is 1.76 bits per heavy atom. The van der Waals surface area contributed by atoms with Gasteiger partial charge in [0.25, 0.3) is 0 Å². The number of ether oxygens (including phenoxy) is 3. The summed E-state index contributed by atoms with van der Waals surface area (Å²) in [5.41, 5.74) is 1.23. The first-order valence-electron chi connectivity index (χ1n) is 8.56. The molecule has 0 aliphatic heterocycles. The van der Waals surface area contributed by atoms with Gasteiger partial charge in [-0.2, -0.15) is 10.4 Å². The molecule has 3 aromatic rings. The number of nitrogens with zero attached hydrogens (tertiary/aromatic N) is 3. The SMILES string of the molecule is COC(=O)c1c(-c2cccc(OCC#N)c2)nn(-c2ccccc2)c1C(=O)OC. The van der Waals surface area contributed by atoms with Gasteiger partial charge in [-0.1, -0.05) is 30.3 Å². The number of carbonyl (C=O) groups is 2. The second-order valence-electron chi connectivity index (χ2n) is 5.78. The number of para-hydroxylation sites is 1. The number of benzene rings is 2. The Morgan fingerprint density at radius 1 is 1.03 bits per heavy atom. The number of hydrogen-bond acceptors (Lipinski definition) is 7. The topological polar surface area (TPSA) is 103 Å². The molecule has 0 saturated carbocycles. The van der Waals surface area contributed by atoms with Crippen molar-refractivity contribution in [2.75, 3.05) is 20.8 Å². The third-order valence-corrected chi connectivity index (χ3v) is 4.07. The van der Waals surface area contributed by atoms with Gasteiger partial charge in [-0.25, -0.2) is 14.3 Å². The van der Waals surface area contributed by atoms with Crippen molar-refractivity contribution >= 4 is 11.9 Å². The molecule has 0 saturated heterocycles. The van der Waals surface area contributed by atoms with Crippen LogP contribution in [-0.4, -0.2) is 42.5 Å². The van der Waals surface area contributed by atoms with E-state index in [1.807, 2.05) is 12.1 Å². The summed E-state index contributed by atoms with van der Waals surface area (Å²) in [6.45, 7) is -0.126. The van der Waals surface area contributed by atoms with Gasteiger partial charge in [-0.3, -0.25) is 0 Å². The van der Waals surface area contributed by atoms with E-state index in [1.165, 1.54) is 18.9 Å². The molecule has 0 bridgehead atoms. The van der Waals surface area contributed by atoms with Crippen LogP contribution in [0.3, 0.4) is 0 Å². The summed E-state index contributed by atoms with van der Waals surface area (Å²) in [4.78, 5) is 25.1. The minimum absolute atomic E-state index is 0.0272. The fourth-order valence-electron chi connectivity index (χ4n) is 2.81. The molecular weight excluding hydrogens is 374 g/mol. The Bertz CT molecular complexity index is 1080. The molecule has 0 aliphatic rings. The van der Waals surface area contributed by atoms with Crippen molar-refractivity contribution in [1.82, 2.24) is 9.78 Å². The first kappa shape index (κ1) is 19.6. The van der Waals surface area contributed by atoms with Crippen LogP contribution in [-0.2, 0) is 9.47 Å². The molecule has 8 heteroatoms. The highest BCUT2D eigenvalue weighted by molar-refractivity contribution is 6.06. The van der Waals surface area contributed by atoms with Gasteiger partial charge in [0.1, 0.15) is 23.1 Å². The maximum absolute atomic E-state index is 12.6. The normalized spacial score (nSPS) is 10.1. The minimum Gasteiger partial charge on any atom is -0.479 e. The van der Waals surface area contributed by atoms with Gasteiger partial charge in [0.2, 0.25) is 0 Å². The van der Waals surface area contributed by atoms with Crippen molar-refractivity contribution in [3.63, 3.8) is 0 Å². The Balaban J connectivity index is 2.27. The Labute approximate surface area is 166 Å². The molecule has 1 heterocycles. The molecule has 0 fully saturated rings. The van der Waals surface area contributed by atoms with Crippen LogP contribution in [0.1, 0.15) is 20.8 Å². The molecule has 8 nitrogen and oxygen atoms in total. The van der Waals surface area contributed by atoms with E-state index in [2.05, 4.69) is 5.10 Å². The van der Waals surface area contributed by atoms with Crippen LogP contribution in [0.25, 0.3) is 16.9 Å². The summed E-state index contributed by atoms with van der Waals surface area (Å²) in [5, 5.41) is 13.2. The summed E-state index contributed by atoms with van der Waals surface area (Å²) >= 11 is 0. The monoisotopic (exact) mass is 391 g/mol. The summed E-state index contributed by atoms with van der Waals surface area (Å²) in [6.07, 6.45) is 0. The number of methoxy groups -OCH3 is 2. The van der Waals surface area contributed by atoms with Crippen molar-refractivity contribution < 1.29 is 23.8 Å². The number of hydrogen-bond donors (Lipinski definition) is 0. The summed E-state index contributed by atoms with van der Waals surface area (Å²) in [5.74, 6) is -1.04. The molecule has 0 aliphatic carbocycles. The number of carbonyl (C=O) groups excluding carboxylic acids is 2. The van der Waals surface area contributed by atoms with E-state index in [0.29, 0.717) is 17.0 Å². The van der Waals surface area contributed by atoms with Crippen LogP contribution in [0.2, 0.25) is 0 Å². The molecule has 146 valence electrons. The van der Waals surface area contributed by atoms with Crippen molar-refractivity contribution in [2.24, 2.45) is 0 Å². The van der Waals surface area contributed by atoms with Gasteiger partial charge in [-0.05, 0) is 24.3 Å². The summed E-state index contributed by atoms with van der Waals surface area (Å²) in [7, 11) is 2.45. The average molecular weight is 391 g/mol. The minimum atomic E-state index is -0.732. The summed E-state index contributed by atoms with van der Waals surface area (Å²) in [6, 6.07) is 17.5. The smallest absolute Gasteiger partial charge is 0.357 e. The van der Waals surface area contributed by atoms with Gasteiger partial charge in [-0.15, -0.1) is 0 Å². The molecule has 0 spiro atoms. The molecule has 0 unspecified atom stereocenters. The van der Waals surface area contributed by atoms with Gasteiger partial charge in [0, 0.05) is 5.56 Å². The zero-order valence-electron chi connectivity index (χ0n) is 15.8. The average Bonchev–Trinajstić information content (AvgIpc) is 3.18. The molecular formula is C21H17N3O5. The van der Waals surface area contributed by atoms with Crippen LogP contribution in [0, 0.1) is 11.3 Å². The van der Waals surface area contributed by atoms with Crippen LogP contribution in [0.5, 0.6) is 5.75 Å². The Hall–Kier alpha value is -4.12. The standard InChI is InChI=1S/C21H17N3O5/c1-27-20(25)17-18(14-7-6-10-16(13-14)29-12-11-22)23-24(19(17)21(26)28-2)15-8-4-3-5-9-15/h3-10,13H,12H2,1-2H3. The van der Waals surface area contributed by atoms with E-state index in [1.54, 1.807) is 48.5 Å². The van der Waals surface area contributed by atoms with E-state index >= 15 is 0 Å². The Kier molecular flexibility index (Phi) is 5.90. The zero-order chi connectivity index (χ0) is 20.8. The number of nitriles is 1. The predicted octanol–water partition coefficient (Wildman–Crippen LogP) is 3.01. The molecule has 2 aromatic carbocycles. The highest BCUT2D eigenvalue weighted by Crippen LogP contribution is 2.31. The lowest BCUT2D eigenvalue weighted by atomic mass is 10.1. The van der Waals surface area contributed by atoms with E-state index in [-0.39, 0.29) is 23.6 Å². The van der Waals surface area contributed by atoms with Crippen LogP contribution in [0.15, 0.2) is 54.6 Å². The second kappa shape index (κ2) is 8.71. The van der Waals surface area contributed by atoms with Crippen molar-refractivity contribution in [2.45, 2.75) is 0 Å². The maximum Gasteiger partial charge on any atom is 0.357 e. The first-order valence-corrected chi connectivity index (χ1v) is 8.56. The highest BCUT2D eigenvalue weighted by Gasteiger charge is 2.31. The fourth-order valence-corrected chi connectivity index (χ4v) is 2.81. The molecule has 0 amide bonds. The zero-order valence-corrected chi connectivity index (χ0v) is 15.8. The van der Waals surface area contributed by atoms with Crippen LogP contribution >= 0.6 is 0 Å². The molecule has 1 aromatic heterocycles. The third kappa shape index (κ3) is 3.94. The van der Waals surface area contributed by atoms with Crippen LogP contribution < -0.4 is 4.74 Å². The lowest BCUT2D eigenvalue weighted by Crippen LogP contribution is -2.15. The van der Waals surface area contributed by atoms with Crippen molar-refractivity contribution in [1.29, 1.82) is 5.26 Å². The highest BCUT2D eigenvalue weighted by atomic mass is 16.5. The number of rotatable bonds is 6.